The quantitative estimate of drug-likeness (QED) is 0.789. The van der Waals surface area contributed by atoms with Crippen molar-refractivity contribution in [2.45, 2.75) is 6.42 Å². The summed E-state index contributed by atoms with van der Waals surface area (Å²) in [6, 6.07) is 9.63. The highest BCUT2D eigenvalue weighted by atomic mass is 16.1. The normalized spacial score (nSPS) is 10.2. The fourth-order valence-electron chi connectivity index (χ4n) is 1.55. The molecule has 2 rings (SSSR count). The second-order valence-electron chi connectivity index (χ2n) is 3.34. The number of aromatic amines is 1. The molecular formula is C13H12NO. The summed E-state index contributed by atoms with van der Waals surface area (Å²) < 4.78 is 0. The molecule has 2 heteroatoms. The summed E-state index contributed by atoms with van der Waals surface area (Å²) in [6.07, 6.45) is 3.95. The van der Waals surface area contributed by atoms with Crippen molar-refractivity contribution in [3.63, 3.8) is 0 Å². The minimum absolute atomic E-state index is 0.0648. The van der Waals surface area contributed by atoms with Gasteiger partial charge in [-0.1, -0.05) is 30.3 Å². The molecule has 0 amide bonds. The Morgan fingerprint density at radius 1 is 1.13 bits per heavy atom. The molecule has 0 saturated carbocycles. The van der Waals surface area contributed by atoms with Gasteiger partial charge in [0.25, 0.3) is 0 Å². The molecule has 0 aliphatic heterocycles. The number of H-pyrrole nitrogens is 1. The zero-order valence-corrected chi connectivity index (χ0v) is 8.36. The molecule has 75 valence electrons. The number of hydrogen-bond donors (Lipinski definition) is 1. The van der Waals surface area contributed by atoms with Crippen LogP contribution < -0.4 is 5.43 Å². The van der Waals surface area contributed by atoms with Crippen LogP contribution in [0, 0.1) is 6.92 Å². The minimum atomic E-state index is 0.0648. The van der Waals surface area contributed by atoms with E-state index >= 15 is 0 Å². The predicted molar refractivity (Wildman–Crippen MR) is 61.6 cm³/mol. The summed E-state index contributed by atoms with van der Waals surface area (Å²) in [6.45, 7) is 3.73. The lowest BCUT2D eigenvalue weighted by atomic mass is 10.0. The van der Waals surface area contributed by atoms with Gasteiger partial charge in [-0.2, -0.15) is 0 Å². The molecule has 0 spiro atoms. The average molecular weight is 198 g/mol. The molecule has 2 nitrogen and oxygen atoms in total. The summed E-state index contributed by atoms with van der Waals surface area (Å²) >= 11 is 0. The van der Waals surface area contributed by atoms with Crippen LogP contribution in [0.3, 0.4) is 0 Å². The highest BCUT2D eigenvalue weighted by Gasteiger charge is 2.04. The van der Waals surface area contributed by atoms with Gasteiger partial charge >= 0.3 is 0 Å². The van der Waals surface area contributed by atoms with E-state index in [1.807, 2.05) is 30.3 Å². The zero-order valence-electron chi connectivity index (χ0n) is 8.36. The van der Waals surface area contributed by atoms with Crippen LogP contribution in [0.5, 0.6) is 0 Å². The number of pyridine rings is 1. The third-order valence-corrected chi connectivity index (χ3v) is 2.38. The van der Waals surface area contributed by atoms with E-state index in [9.17, 15) is 4.79 Å². The van der Waals surface area contributed by atoms with Crippen molar-refractivity contribution < 1.29 is 0 Å². The van der Waals surface area contributed by atoms with E-state index in [1.54, 1.807) is 12.4 Å². The largest absolute Gasteiger partial charge is 0.367 e. The zero-order chi connectivity index (χ0) is 10.7. The van der Waals surface area contributed by atoms with E-state index < -0.39 is 0 Å². The molecule has 0 bridgehead atoms. The minimum Gasteiger partial charge on any atom is -0.367 e. The lowest BCUT2D eigenvalue weighted by Crippen LogP contribution is -2.10. The molecule has 0 atom stereocenters. The van der Waals surface area contributed by atoms with Crippen LogP contribution >= 0.6 is 0 Å². The highest BCUT2D eigenvalue weighted by Crippen LogP contribution is 2.13. The summed E-state index contributed by atoms with van der Waals surface area (Å²) in [7, 11) is 0. The lowest BCUT2D eigenvalue weighted by molar-refractivity contribution is 1.16. The number of benzene rings is 1. The van der Waals surface area contributed by atoms with Crippen molar-refractivity contribution in [3.05, 3.63) is 65.4 Å². The maximum atomic E-state index is 11.9. The molecule has 0 aliphatic carbocycles. The van der Waals surface area contributed by atoms with Gasteiger partial charge in [-0.05, 0) is 18.9 Å². The Hall–Kier alpha value is -1.83. The SMILES string of the molecule is [CH2]Cc1c[nH]cc(-c2ccccc2)c1=O. The molecule has 1 aromatic heterocycles. The Bertz CT molecular complexity index is 499. The molecule has 1 N–H and O–H groups in total. The van der Waals surface area contributed by atoms with E-state index in [1.165, 1.54) is 0 Å². The Balaban J connectivity index is 2.60. The molecule has 0 unspecified atom stereocenters. The van der Waals surface area contributed by atoms with E-state index in [2.05, 4.69) is 11.9 Å². The van der Waals surface area contributed by atoms with Crippen LogP contribution in [-0.4, -0.2) is 4.98 Å². The van der Waals surface area contributed by atoms with Crippen molar-refractivity contribution in [2.24, 2.45) is 0 Å². The van der Waals surface area contributed by atoms with Crippen molar-refractivity contribution in [1.29, 1.82) is 0 Å². The van der Waals surface area contributed by atoms with Crippen LogP contribution in [0.15, 0.2) is 47.5 Å². The first-order chi connectivity index (χ1) is 7.33. The fraction of sp³-hybridized carbons (Fsp3) is 0.0769. The van der Waals surface area contributed by atoms with E-state index in [4.69, 9.17) is 0 Å². The van der Waals surface area contributed by atoms with Crippen LogP contribution in [0.2, 0.25) is 0 Å². The van der Waals surface area contributed by atoms with E-state index in [-0.39, 0.29) is 5.43 Å². The second kappa shape index (κ2) is 4.13. The van der Waals surface area contributed by atoms with Gasteiger partial charge in [0.15, 0.2) is 5.43 Å². The van der Waals surface area contributed by atoms with Crippen molar-refractivity contribution in [1.82, 2.24) is 4.98 Å². The van der Waals surface area contributed by atoms with Crippen molar-refractivity contribution in [3.8, 4) is 11.1 Å². The third-order valence-electron chi connectivity index (χ3n) is 2.38. The van der Waals surface area contributed by atoms with Gasteiger partial charge < -0.3 is 4.98 Å². The maximum Gasteiger partial charge on any atom is 0.192 e. The Labute approximate surface area is 88.6 Å². The number of nitrogens with one attached hydrogen (secondary N) is 1. The van der Waals surface area contributed by atoms with Crippen molar-refractivity contribution in [2.75, 3.05) is 0 Å². The molecule has 15 heavy (non-hydrogen) atoms. The highest BCUT2D eigenvalue weighted by molar-refractivity contribution is 5.62. The third kappa shape index (κ3) is 1.84. The number of aromatic nitrogens is 1. The molecule has 2 aromatic rings. The summed E-state index contributed by atoms with van der Waals surface area (Å²) in [5, 5.41) is 0. The van der Waals surface area contributed by atoms with Gasteiger partial charge in [0, 0.05) is 23.5 Å². The summed E-state index contributed by atoms with van der Waals surface area (Å²) in [4.78, 5) is 14.9. The Kier molecular flexibility index (Phi) is 2.68. The van der Waals surface area contributed by atoms with Crippen LogP contribution in [-0.2, 0) is 6.42 Å². The molecule has 0 aliphatic rings. The Morgan fingerprint density at radius 3 is 2.53 bits per heavy atom. The first kappa shape index (κ1) is 9.71. The molecule has 1 radical (unpaired) electrons. The standard InChI is InChI=1S/C13H12NO/c1-2-10-8-14-9-12(13(10)15)11-6-4-3-5-7-11/h3-9H,1-2H2,(H,14,15). The van der Waals surface area contributed by atoms with Gasteiger partial charge in [0.1, 0.15) is 0 Å². The average Bonchev–Trinajstić information content (AvgIpc) is 2.30. The monoisotopic (exact) mass is 198 g/mol. The van der Waals surface area contributed by atoms with Crippen LogP contribution in [0.1, 0.15) is 5.56 Å². The second-order valence-corrected chi connectivity index (χ2v) is 3.34. The molecular weight excluding hydrogens is 186 g/mol. The summed E-state index contributed by atoms with van der Waals surface area (Å²) in [5.41, 5.74) is 2.43. The van der Waals surface area contributed by atoms with Gasteiger partial charge in [0.05, 0.1) is 0 Å². The number of hydrogen-bond acceptors (Lipinski definition) is 1. The number of rotatable bonds is 2. The lowest BCUT2D eigenvalue weighted by Gasteiger charge is -2.02. The van der Waals surface area contributed by atoms with E-state index in [0.29, 0.717) is 12.0 Å². The maximum absolute atomic E-state index is 11.9. The first-order valence-electron chi connectivity index (χ1n) is 4.87. The smallest absolute Gasteiger partial charge is 0.192 e. The molecule has 0 saturated heterocycles. The first-order valence-corrected chi connectivity index (χ1v) is 4.87. The van der Waals surface area contributed by atoms with Gasteiger partial charge in [-0.25, -0.2) is 0 Å². The summed E-state index contributed by atoms with van der Waals surface area (Å²) in [5.74, 6) is 0. The van der Waals surface area contributed by atoms with Crippen LogP contribution in [0.4, 0.5) is 0 Å². The molecule has 1 aromatic carbocycles. The Morgan fingerprint density at radius 2 is 1.87 bits per heavy atom. The molecule has 1 heterocycles. The van der Waals surface area contributed by atoms with Gasteiger partial charge in [-0.3, -0.25) is 4.79 Å². The predicted octanol–water partition coefficient (Wildman–Crippen LogP) is 2.42. The topological polar surface area (TPSA) is 32.9 Å². The molecule has 0 fully saturated rings. The van der Waals surface area contributed by atoms with Crippen LogP contribution in [0.25, 0.3) is 11.1 Å². The van der Waals surface area contributed by atoms with Gasteiger partial charge in [0.2, 0.25) is 0 Å². The van der Waals surface area contributed by atoms with Crippen molar-refractivity contribution >= 4 is 0 Å². The fourth-order valence-corrected chi connectivity index (χ4v) is 1.55. The van der Waals surface area contributed by atoms with Gasteiger partial charge in [-0.15, -0.1) is 0 Å². The van der Waals surface area contributed by atoms with E-state index in [0.717, 1.165) is 11.1 Å².